The van der Waals surface area contributed by atoms with Crippen molar-refractivity contribution in [2.75, 3.05) is 13.7 Å². The van der Waals surface area contributed by atoms with Crippen LogP contribution in [-0.4, -0.2) is 58.0 Å². The number of hydrogen-bond donors (Lipinski definition) is 2. The van der Waals surface area contributed by atoms with Crippen molar-refractivity contribution in [2.45, 2.75) is 28.3 Å². The van der Waals surface area contributed by atoms with Crippen LogP contribution in [-0.2, 0) is 24.8 Å². The molecule has 12 heteroatoms. The summed E-state index contributed by atoms with van der Waals surface area (Å²) in [5.41, 5.74) is 0. The number of carboxylic acids is 1. The van der Waals surface area contributed by atoms with Gasteiger partial charge in [0.2, 0.25) is 20.0 Å². The lowest BCUT2D eigenvalue weighted by Crippen LogP contribution is -2.56. The Morgan fingerprint density at radius 3 is 2.19 bits per heavy atom. The van der Waals surface area contributed by atoms with Gasteiger partial charge in [0.25, 0.3) is 0 Å². The molecule has 1 heterocycles. The Kier molecular flexibility index (Phi) is 7.60. The van der Waals surface area contributed by atoms with Gasteiger partial charge in [-0.05, 0) is 77.5 Å². The SMILES string of the molecule is COc1ccc(S(=O)(=O)N2CC=CCC(NS(=O)(=O)c3ccc(I)cc3)C2C(=O)O)cc1. The van der Waals surface area contributed by atoms with Gasteiger partial charge in [-0.15, -0.1) is 0 Å². The third kappa shape index (κ3) is 5.31. The molecule has 0 radical (unpaired) electrons. The number of carbonyl (C=O) groups is 1. The highest BCUT2D eigenvalue weighted by Crippen LogP contribution is 2.26. The summed E-state index contributed by atoms with van der Waals surface area (Å²) in [6, 6.07) is 8.67. The number of sulfonamides is 2. The molecule has 0 saturated heterocycles. The second-order valence-electron chi connectivity index (χ2n) is 6.92. The molecule has 2 atom stereocenters. The minimum absolute atomic E-state index is 0.00912. The van der Waals surface area contributed by atoms with Crippen LogP contribution in [0.3, 0.4) is 0 Å². The molecule has 0 bridgehead atoms. The van der Waals surface area contributed by atoms with Gasteiger partial charge in [0.1, 0.15) is 11.8 Å². The van der Waals surface area contributed by atoms with Crippen LogP contribution < -0.4 is 9.46 Å². The molecule has 2 aromatic carbocycles. The lowest BCUT2D eigenvalue weighted by atomic mass is 10.1. The van der Waals surface area contributed by atoms with E-state index in [1.54, 1.807) is 18.2 Å². The molecule has 172 valence electrons. The fourth-order valence-electron chi connectivity index (χ4n) is 3.28. The van der Waals surface area contributed by atoms with Crippen molar-refractivity contribution in [1.29, 1.82) is 0 Å². The zero-order chi connectivity index (χ0) is 23.5. The first-order valence-electron chi connectivity index (χ1n) is 9.38. The van der Waals surface area contributed by atoms with Gasteiger partial charge in [-0.3, -0.25) is 4.79 Å². The first-order valence-corrected chi connectivity index (χ1v) is 13.4. The standard InChI is InChI=1S/C20H21IN2O7S2/c1-30-15-7-11-17(12-8-15)32(28,29)23-13-3-2-4-18(19(23)20(24)25)22-31(26,27)16-9-5-14(21)6-10-16/h2-3,5-12,18-19,22H,4,13H2,1H3,(H,24,25). The third-order valence-electron chi connectivity index (χ3n) is 4.88. The molecule has 1 aliphatic heterocycles. The van der Waals surface area contributed by atoms with Gasteiger partial charge in [0.15, 0.2) is 0 Å². The van der Waals surface area contributed by atoms with E-state index in [1.165, 1.54) is 49.6 Å². The summed E-state index contributed by atoms with van der Waals surface area (Å²) in [6.07, 6.45) is 3.09. The molecule has 1 aliphatic rings. The van der Waals surface area contributed by atoms with E-state index >= 15 is 0 Å². The number of carboxylic acid groups (broad SMARTS) is 1. The molecule has 9 nitrogen and oxygen atoms in total. The number of benzene rings is 2. The van der Waals surface area contributed by atoms with Crippen LogP contribution >= 0.6 is 22.6 Å². The van der Waals surface area contributed by atoms with E-state index in [0.717, 1.165) is 7.88 Å². The number of hydrogen-bond acceptors (Lipinski definition) is 6. The van der Waals surface area contributed by atoms with Crippen LogP contribution in [0.2, 0.25) is 0 Å². The monoisotopic (exact) mass is 592 g/mol. The highest BCUT2D eigenvalue weighted by Gasteiger charge is 2.42. The molecular weight excluding hydrogens is 571 g/mol. The van der Waals surface area contributed by atoms with Crippen LogP contribution in [0.5, 0.6) is 5.75 Å². The maximum absolute atomic E-state index is 13.3. The van der Waals surface area contributed by atoms with Gasteiger partial charge in [-0.25, -0.2) is 21.6 Å². The zero-order valence-electron chi connectivity index (χ0n) is 16.9. The molecule has 0 spiro atoms. The fourth-order valence-corrected chi connectivity index (χ4v) is 6.47. The predicted octanol–water partition coefficient (Wildman–Crippen LogP) is 2.05. The van der Waals surface area contributed by atoms with Crippen molar-refractivity contribution in [2.24, 2.45) is 0 Å². The smallest absolute Gasteiger partial charge is 0.323 e. The Morgan fingerprint density at radius 1 is 1.03 bits per heavy atom. The molecule has 0 fully saturated rings. The van der Waals surface area contributed by atoms with Crippen LogP contribution in [0.4, 0.5) is 0 Å². The average Bonchev–Trinajstić information content (AvgIpc) is 2.96. The molecular formula is C20H21IN2O7S2. The van der Waals surface area contributed by atoms with Crippen molar-refractivity contribution >= 4 is 48.6 Å². The van der Waals surface area contributed by atoms with Crippen LogP contribution in [0, 0.1) is 3.57 Å². The summed E-state index contributed by atoms with van der Waals surface area (Å²) < 4.78 is 61.4. The molecule has 0 saturated carbocycles. The lowest BCUT2D eigenvalue weighted by Gasteiger charge is -2.31. The summed E-state index contributed by atoms with van der Waals surface area (Å²) in [7, 11) is -6.91. The average molecular weight is 592 g/mol. The number of rotatable bonds is 7. The summed E-state index contributed by atoms with van der Waals surface area (Å²) >= 11 is 2.03. The quantitative estimate of drug-likeness (QED) is 0.372. The highest BCUT2D eigenvalue weighted by atomic mass is 127. The van der Waals surface area contributed by atoms with Crippen LogP contribution in [0.1, 0.15) is 6.42 Å². The highest BCUT2D eigenvalue weighted by molar-refractivity contribution is 14.1. The largest absolute Gasteiger partial charge is 0.497 e. The first kappa shape index (κ1) is 24.6. The van der Waals surface area contributed by atoms with Crippen molar-refractivity contribution in [3.05, 3.63) is 64.3 Å². The van der Waals surface area contributed by atoms with E-state index in [1.807, 2.05) is 22.6 Å². The Bertz CT molecular complexity index is 1210. The molecule has 0 aliphatic carbocycles. The summed E-state index contributed by atoms with van der Waals surface area (Å²) in [5, 5.41) is 9.91. The van der Waals surface area contributed by atoms with Gasteiger partial charge in [0.05, 0.1) is 22.9 Å². The number of aliphatic carboxylic acids is 1. The maximum Gasteiger partial charge on any atom is 0.323 e. The van der Waals surface area contributed by atoms with Crippen LogP contribution in [0.15, 0.2) is 70.5 Å². The Hall–Kier alpha value is -2.00. The van der Waals surface area contributed by atoms with E-state index in [-0.39, 0.29) is 22.8 Å². The van der Waals surface area contributed by atoms with Crippen molar-refractivity contribution in [1.82, 2.24) is 9.03 Å². The molecule has 2 N–H and O–H groups in total. The van der Waals surface area contributed by atoms with Gasteiger partial charge in [-0.2, -0.15) is 4.31 Å². The number of nitrogens with one attached hydrogen (secondary N) is 1. The summed E-state index contributed by atoms with van der Waals surface area (Å²) in [4.78, 5) is 12.0. The predicted molar refractivity (Wildman–Crippen MR) is 125 cm³/mol. The molecule has 0 aromatic heterocycles. The summed E-state index contributed by atoms with van der Waals surface area (Å²) in [6.45, 7) is -0.215. The molecule has 3 rings (SSSR count). The number of halogens is 1. The Balaban J connectivity index is 1.98. The van der Waals surface area contributed by atoms with Gasteiger partial charge >= 0.3 is 5.97 Å². The van der Waals surface area contributed by atoms with Crippen LogP contribution in [0.25, 0.3) is 0 Å². The third-order valence-corrected chi connectivity index (χ3v) is 8.97. The Morgan fingerprint density at radius 2 is 1.62 bits per heavy atom. The minimum atomic E-state index is -4.25. The molecule has 0 amide bonds. The molecule has 32 heavy (non-hydrogen) atoms. The second kappa shape index (κ2) is 9.87. The number of methoxy groups -OCH3 is 1. The van der Waals surface area contributed by atoms with E-state index in [2.05, 4.69) is 4.72 Å². The van der Waals surface area contributed by atoms with E-state index in [0.29, 0.717) is 5.75 Å². The Labute approximate surface area is 200 Å². The van der Waals surface area contributed by atoms with E-state index < -0.39 is 38.1 Å². The van der Waals surface area contributed by atoms with Gasteiger partial charge < -0.3 is 9.84 Å². The fraction of sp³-hybridized carbons (Fsp3) is 0.250. The maximum atomic E-state index is 13.3. The van der Waals surface area contributed by atoms with Gasteiger partial charge in [-0.1, -0.05) is 12.2 Å². The zero-order valence-corrected chi connectivity index (χ0v) is 20.7. The van der Waals surface area contributed by atoms with Crippen molar-refractivity contribution in [3.8, 4) is 5.75 Å². The van der Waals surface area contributed by atoms with E-state index in [4.69, 9.17) is 4.74 Å². The van der Waals surface area contributed by atoms with Crippen molar-refractivity contribution < 1.29 is 31.5 Å². The second-order valence-corrected chi connectivity index (χ2v) is 11.8. The van der Waals surface area contributed by atoms with Gasteiger partial charge in [0, 0.05) is 10.1 Å². The number of ether oxygens (including phenoxy) is 1. The normalized spacial score (nSPS) is 19.9. The summed E-state index contributed by atoms with van der Waals surface area (Å²) in [5.74, 6) is -1.02. The number of nitrogens with zero attached hydrogens (tertiary/aromatic N) is 1. The first-order chi connectivity index (χ1) is 15.1. The lowest BCUT2D eigenvalue weighted by molar-refractivity contribution is -0.142. The minimum Gasteiger partial charge on any atom is -0.497 e. The van der Waals surface area contributed by atoms with E-state index in [9.17, 15) is 26.7 Å². The molecule has 2 unspecified atom stereocenters. The molecule has 2 aromatic rings. The topological polar surface area (TPSA) is 130 Å². The van der Waals surface area contributed by atoms with Crippen molar-refractivity contribution in [3.63, 3.8) is 0 Å².